The van der Waals surface area contributed by atoms with E-state index in [0.717, 1.165) is 6.07 Å². The van der Waals surface area contributed by atoms with Gasteiger partial charge in [0, 0.05) is 5.56 Å². The third-order valence-corrected chi connectivity index (χ3v) is 3.50. The fourth-order valence-electron chi connectivity index (χ4n) is 1.71. The number of thiocarbonyl (C=S) groups is 1. The molecule has 0 radical (unpaired) electrons. The Balaban J connectivity index is 2.34. The Hall–Kier alpha value is -1.86. The van der Waals surface area contributed by atoms with Crippen molar-refractivity contribution in [1.29, 1.82) is 0 Å². The SMILES string of the molecule is NC(=S)c1c(F)cccc1NC(=O)c1ccc(F)c(Br)c1. The normalized spacial score (nSPS) is 10.2. The largest absolute Gasteiger partial charge is 0.389 e. The van der Waals surface area contributed by atoms with Crippen molar-refractivity contribution in [3.05, 3.63) is 63.6 Å². The van der Waals surface area contributed by atoms with E-state index in [9.17, 15) is 13.6 Å². The summed E-state index contributed by atoms with van der Waals surface area (Å²) >= 11 is 7.77. The maximum atomic E-state index is 13.7. The lowest BCUT2D eigenvalue weighted by atomic mass is 10.1. The summed E-state index contributed by atoms with van der Waals surface area (Å²) in [6, 6.07) is 7.89. The molecular formula is C14H9BrF2N2OS. The highest BCUT2D eigenvalue weighted by molar-refractivity contribution is 9.10. The van der Waals surface area contributed by atoms with Gasteiger partial charge in [-0.1, -0.05) is 18.3 Å². The number of halogens is 3. The average molecular weight is 371 g/mol. The molecule has 21 heavy (non-hydrogen) atoms. The Bertz CT molecular complexity index is 737. The summed E-state index contributed by atoms with van der Waals surface area (Å²) in [5, 5.41) is 2.51. The maximum Gasteiger partial charge on any atom is 0.255 e. The molecule has 0 aliphatic carbocycles. The molecule has 0 aliphatic rings. The number of carbonyl (C=O) groups is 1. The van der Waals surface area contributed by atoms with E-state index in [1.165, 1.54) is 30.3 Å². The van der Waals surface area contributed by atoms with Gasteiger partial charge in [0.25, 0.3) is 5.91 Å². The number of hydrogen-bond acceptors (Lipinski definition) is 2. The van der Waals surface area contributed by atoms with Gasteiger partial charge in [0.1, 0.15) is 16.6 Å². The van der Waals surface area contributed by atoms with Crippen molar-refractivity contribution in [3.63, 3.8) is 0 Å². The van der Waals surface area contributed by atoms with Crippen molar-refractivity contribution in [1.82, 2.24) is 0 Å². The molecule has 0 spiro atoms. The van der Waals surface area contributed by atoms with E-state index in [1.807, 2.05) is 0 Å². The molecule has 0 saturated heterocycles. The van der Waals surface area contributed by atoms with Gasteiger partial charge in [-0.25, -0.2) is 8.78 Å². The van der Waals surface area contributed by atoms with E-state index in [-0.39, 0.29) is 26.3 Å². The van der Waals surface area contributed by atoms with Crippen LogP contribution in [0.3, 0.4) is 0 Å². The standard InChI is InChI=1S/C14H9BrF2N2OS/c15-8-6-7(4-5-9(8)16)14(20)19-11-3-1-2-10(17)12(11)13(18)21/h1-6H,(H2,18,21)(H,19,20). The molecule has 0 atom stereocenters. The molecule has 108 valence electrons. The Morgan fingerprint density at radius 2 is 1.90 bits per heavy atom. The van der Waals surface area contributed by atoms with E-state index in [2.05, 4.69) is 21.2 Å². The smallest absolute Gasteiger partial charge is 0.255 e. The van der Waals surface area contributed by atoms with Crippen LogP contribution in [-0.4, -0.2) is 10.9 Å². The van der Waals surface area contributed by atoms with Crippen LogP contribution in [0.25, 0.3) is 0 Å². The van der Waals surface area contributed by atoms with Crippen molar-refractivity contribution < 1.29 is 13.6 Å². The van der Waals surface area contributed by atoms with Crippen LogP contribution in [0.2, 0.25) is 0 Å². The third kappa shape index (κ3) is 3.43. The Morgan fingerprint density at radius 1 is 1.19 bits per heavy atom. The first-order chi connectivity index (χ1) is 9.90. The van der Waals surface area contributed by atoms with Crippen LogP contribution in [0.15, 0.2) is 40.9 Å². The van der Waals surface area contributed by atoms with Gasteiger partial charge in [-0.05, 0) is 46.3 Å². The monoisotopic (exact) mass is 370 g/mol. The topological polar surface area (TPSA) is 55.1 Å². The number of anilines is 1. The van der Waals surface area contributed by atoms with Gasteiger partial charge in [0.15, 0.2) is 0 Å². The summed E-state index contributed by atoms with van der Waals surface area (Å²) in [4.78, 5) is 11.9. The minimum Gasteiger partial charge on any atom is -0.389 e. The molecule has 0 unspecified atom stereocenters. The fraction of sp³-hybridized carbons (Fsp3) is 0. The van der Waals surface area contributed by atoms with Gasteiger partial charge < -0.3 is 11.1 Å². The van der Waals surface area contributed by atoms with Gasteiger partial charge >= 0.3 is 0 Å². The quantitative estimate of drug-likeness (QED) is 0.811. The highest BCUT2D eigenvalue weighted by atomic mass is 79.9. The summed E-state index contributed by atoms with van der Waals surface area (Å²) in [5.41, 5.74) is 5.79. The lowest BCUT2D eigenvalue weighted by molar-refractivity contribution is 0.102. The maximum absolute atomic E-state index is 13.7. The van der Waals surface area contributed by atoms with Crippen molar-refractivity contribution in [2.45, 2.75) is 0 Å². The molecule has 2 aromatic rings. The van der Waals surface area contributed by atoms with E-state index in [4.69, 9.17) is 18.0 Å². The second kappa shape index (κ2) is 6.28. The molecule has 0 saturated carbocycles. The van der Waals surface area contributed by atoms with Crippen LogP contribution in [-0.2, 0) is 0 Å². The second-order valence-corrected chi connectivity index (χ2v) is 5.40. The summed E-state index contributed by atoms with van der Waals surface area (Å²) in [6.07, 6.45) is 0. The van der Waals surface area contributed by atoms with E-state index < -0.39 is 17.5 Å². The van der Waals surface area contributed by atoms with Crippen LogP contribution in [0, 0.1) is 11.6 Å². The Kier molecular flexibility index (Phi) is 4.64. The molecule has 0 fully saturated rings. The number of benzene rings is 2. The molecule has 7 heteroatoms. The molecule has 0 aromatic heterocycles. The van der Waals surface area contributed by atoms with Crippen molar-refractivity contribution >= 4 is 44.7 Å². The second-order valence-electron chi connectivity index (χ2n) is 4.11. The number of nitrogens with one attached hydrogen (secondary N) is 1. The van der Waals surface area contributed by atoms with E-state index in [0.29, 0.717) is 0 Å². The lowest BCUT2D eigenvalue weighted by Gasteiger charge is -2.11. The zero-order valence-electron chi connectivity index (χ0n) is 10.5. The summed E-state index contributed by atoms with van der Waals surface area (Å²) in [6.45, 7) is 0. The molecule has 0 heterocycles. The molecule has 2 rings (SSSR count). The molecule has 0 aliphatic heterocycles. The van der Waals surface area contributed by atoms with Crippen LogP contribution in [0.1, 0.15) is 15.9 Å². The van der Waals surface area contributed by atoms with Crippen LogP contribution < -0.4 is 11.1 Å². The van der Waals surface area contributed by atoms with Gasteiger partial charge in [0.05, 0.1) is 15.7 Å². The highest BCUT2D eigenvalue weighted by Gasteiger charge is 2.15. The minimum atomic E-state index is -0.624. The molecular weight excluding hydrogens is 362 g/mol. The number of carbonyl (C=O) groups excluding carboxylic acids is 1. The summed E-state index contributed by atoms with van der Waals surface area (Å²) in [7, 11) is 0. The minimum absolute atomic E-state index is 0.0398. The van der Waals surface area contributed by atoms with E-state index >= 15 is 0 Å². The first-order valence-corrected chi connectivity index (χ1v) is 6.95. The number of hydrogen-bond donors (Lipinski definition) is 2. The van der Waals surface area contributed by atoms with Gasteiger partial charge in [-0.15, -0.1) is 0 Å². The van der Waals surface area contributed by atoms with E-state index in [1.54, 1.807) is 0 Å². The van der Waals surface area contributed by atoms with Crippen LogP contribution >= 0.6 is 28.1 Å². The Labute approximate surface area is 133 Å². The van der Waals surface area contributed by atoms with Gasteiger partial charge in [0.2, 0.25) is 0 Å². The Morgan fingerprint density at radius 3 is 2.52 bits per heavy atom. The number of nitrogens with two attached hydrogens (primary N) is 1. The summed E-state index contributed by atoms with van der Waals surface area (Å²) in [5.74, 6) is -1.64. The van der Waals surface area contributed by atoms with Crippen LogP contribution in [0.4, 0.5) is 14.5 Å². The van der Waals surface area contributed by atoms with Crippen molar-refractivity contribution in [3.8, 4) is 0 Å². The third-order valence-electron chi connectivity index (χ3n) is 2.69. The molecule has 1 amide bonds. The number of rotatable bonds is 3. The molecule has 0 bridgehead atoms. The van der Waals surface area contributed by atoms with Crippen molar-refractivity contribution in [2.75, 3.05) is 5.32 Å². The zero-order chi connectivity index (χ0) is 15.6. The zero-order valence-corrected chi connectivity index (χ0v) is 12.9. The van der Waals surface area contributed by atoms with Gasteiger partial charge in [-0.3, -0.25) is 4.79 Å². The molecule has 3 N–H and O–H groups in total. The molecule has 2 aromatic carbocycles. The average Bonchev–Trinajstić information content (AvgIpc) is 2.41. The van der Waals surface area contributed by atoms with Gasteiger partial charge in [-0.2, -0.15) is 0 Å². The molecule has 3 nitrogen and oxygen atoms in total. The summed E-state index contributed by atoms with van der Waals surface area (Å²) < 4.78 is 27.0. The predicted molar refractivity (Wildman–Crippen MR) is 84.3 cm³/mol. The first kappa shape index (κ1) is 15.5. The fourth-order valence-corrected chi connectivity index (χ4v) is 2.30. The van der Waals surface area contributed by atoms with Crippen molar-refractivity contribution in [2.24, 2.45) is 5.73 Å². The lowest BCUT2D eigenvalue weighted by Crippen LogP contribution is -2.19. The van der Waals surface area contributed by atoms with Crippen LogP contribution in [0.5, 0.6) is 0 Å². The first-order valence-electron chi connectivity index (χ1n) is 5.75. The predicted octanol–water partition coefficient (Wildman–Crippen LogP) is 3.61. The highest BCUT2D eigenvalue weighted by Crippen LogP contribution is 2.21. The number of amides is 1.